The van der Waals surface area contributed by atoms with Crippen LogP contribution in [0, 0.1) is 0 Å². The summed E-state index contributed by atoms with van der Waals surface area (Å²) in [5.41, 5.74) is 0. The molecule has 1 aromatic heterocycles. The standard InChI is InChI=1S/C9H16N4/c1-13-5-4-10-8(7-13)6-9-11-2-3-12-9/h2-3,8,10H,4-7H2,1H3,(H,11,12). The van der Waals surface area contributed by atoms with E-state index in [0.29, 0.717) is 6.04 Å². The smallest absolute Gasteiger partial charge is 0.107 e. The first-order valence-electron chi connectivity index (χ1n) is 4.75. The van der Waals surface area contributed by atoms with E-state index < -0.39 is 0 Å². The van der Waals surface area contributed by atoms with E-state index in [1.807, 2.05) is 12.4 Å². The fourth-order valence-electron chi connectivity index (χ4n) is 1.77. The van der Waals surface area contributed by atoms with Gasteiger partial charge in [-0.05, 0) is 7.05 Å². The largest absolute Gasteiger partial charge is 0.349 e. The molecule has 0 radical (unpaired) electrons. The van der Waals surface area contributed by atoms with Crippen molar-refractivity contribution in [3.8, 4) is 0 Å². The van der Waals surface area contributed by atoms with Gasteiger partial charge in [0.2, 0.25) is 0 Å². The summed E-state index contributed by atoms with van der Waals surface area (Å²) in [7, 11) is 2.16. The Balaban J connectivity index is 1.87. The normalized spacial score (nSPS) is 24.8. The van der Waals surface area contributed by atoms with Crippen molar-refractivity contribution >= 4 is 0 Å². The zero-order valence-corrected chi connectivity index (χ0v) is 7.95. The molecule has 1 atom stereocenters. The van der Waals surface area contributed by atoms with E-state index in [2.05, 4.69) is 27.2 Å². The molecule has 2 heterocycles. The highest BCUT2D eigenvalue weighted by Gasteiger charge is 2.16. The highest BCUT2D eigenvalue weighted by molar-refractivity contribution is 4.93. The van der Waals surface area contributed by atoms with E-state index in [4.69, 9.17) is 0 Å². The van der Waals surface area contributed by atoms with Gasteiger partial charge in [-0.15, -0.1) is 0 Å². The number of H-pyrrole nitrogens is 1. The summed E-state index contributed by atoms with van der Waals surface area (Å²) >= 11 is 0. The minimum atomic E-state index is 0.546. The Morgan fingerprint density at radius 2 is 2.62 bits per heavy atom. The van der Waals surface area contributed by atoms with Crippen LogP contribution in [-0.4, -0.2) is 47.6 Å². The van der Waals surface area contributed by atoms with Crippen molar-refractivity contribution in [1.29, 1.82) is 0 Å². The second-order valence-electron chi connectivity index (χ2n) is 3.65. The third-order valence-electron chi connectivity index (χ3n) is 2.45. The predicted octanol–water partition coefficient (Wildman–Crippen LogP) is -0.144. The molecule has 0 amide bonds. The van der Waals surface area contributed by atoms with Gasteiger partial charge >= 0.3 is 0 Å². The van der Waals surface area contributed by atoms with Gasteiger partial charge in [0.15, 0.2) is 0 Å². The summed E-state index contributed by atoms with van der Waals surface area (Å²) < 4.78 is 0. The quantitative estimate of drug-likeness (QED) is 0.665. The number of likely N-dealkylation sites (N-methyl/N-ethyl adjacent to an activating group) is 1. The molecule has 1 aliphatic rings. The number of piperazine rings is 1. The van der Waals surface area contributed by atoms with Crippen molar-refractivity contribution < 1.29 is 0 Å². The van der Waals surface area contributed by atoms with Crippen LogP contribution in [0.25, 0.3) is 0 Å². The molecular formula is C9H16N4. The Kier molecular flexibility index (Phi) is 2.61. The number of imidazole rings is 1. The van der Waals surface area contributed by atoms with Crippen molar-refractivity contribution in [2.75, 3.05) is 26.7 Å². The highest BCUT2D eigenvalue weighted by Crippen LogP contribution is 2.01. The Morgan fingerprint density at radius 1 is 1.69 bits per heavy atom. The van der Waals surface area contributed by atoms with Crippen LogP contribution in [0.1, 0.15) is 5.82 Å². The van der Waals surface area contributed by atoms with E-state index in [1.54, 1.807) is 0 Å². The summed E-state index contributed by atoms with van der Waals surface area (Å²) in [6.07, 6.45) is 4.68. The molecular weight excluding hydrogens is 164 g/mol. The number of hydrogen-bond donors (Lipinski definition) is 2. The van der Waals surface area contributed by atoms with Crippen molar-refractivity contribution in [3.63, 3.8) is 0 Å². The van der Waals surface area contributed by atoms with Gasteiger partial charge in [-0.1, -0.05) is 0 Å². The maximum atomic E-state index is 4.22. The minimum absolute atomic E-state index is 0.546. The number of rotatable bonds is 2. The average Bonchev–Trinajstić information content (AvgIpc) is 2.57. The molecule has 13 heavy (non-hydrogen) atoms. The Hall–Kier alpha value is -0.870. The minimum Gasteiger partial charge on any atom is -0.349 e. The Morgan fingerprint density at radius 3 is 3.31 bits per heavy atom. The van der Waals surface area contributed by atoms with Crippen LogP contribution >= 0.6 is 0 Å². The van der Waals surface area contributed by atoms with Gasteiger partial charge in [-0.25, -0.2) is 4.98 Å². The van der Waals surface area contributed by atoms with Crippen LogP contribution in [0.4, 0.5) is 0 Å². The lowest BCUT2D eigenvalue weighted by atomic mass is 10.1. The van der Waals surface area contributed by atoms with Gasteiger partial charge < -0.3 is 15.2 Å². The fourth-order valence-corrected chi connectivity index (χ4v) is 1.77. The zero-order valence-electron chi connectivity index (χ0n) is 7.95. The molecule has 2 N–H and O–H groups in total. The lowest BCUT2D eigenvalue weighted by Gasteiger charge is -2.30. The first-order chi connectivity index (χ1) is 6.34. The number of nitrogens with zero attached hydrogens (tertiary/aromatic N) is 2. The van der Waals surface area contributed by atoms with Crippen LogP contribution in [0.3, 0.4) is 0 Å². The Bertz CT molecular complexity index is 244. The van der Waals surface area contributed by atoms with Gasteiger partial charge in [0.25, 0.3) is 0 Å². The molecule has 1 aromatic rings. The highest BCUT2D eigenvalue weighted by atomic mass is 15.2. The maximum Gasteiger partial charge on any atom is 0.107 e. The second kappa shape index (κ2) is 3.89. The Labute approximate surface area is 78.4 Å². The summed E-state index contributed by atoms with van der Waals surface area (Å²) in [6.45, 7) is 3.34. The SMILES string of the molecule is CN1CCNC(Cc2ncc[nH]2)C1. The lowest BCUT2D eigenvalue weighted by Crippen LogP contribution is -2.50. The van der Waals surface area contributed by atoms with Crippen LogP contribution < -0.4 is 5.32 Å². The molecule has 1 unspecified atom stereocenters. The van der Waals surface area contributed by atoms with Crippen LogP contribution in [0.15, 0.2) is 12.4 Å². The number of nitrogens with one attached hydrogen (secondary N) is 2. The van der Waals surface area contributed by atoms with Gasteiger partial charge in [0, 0.05) is 44.5 Å². The molecule has 0 aromatic carbocycles. The number of aromatic nitrogens is 2. The summed E-state index contributed by atoms with van der Waals surface area (Å²) in [5.74, 6) is 1.08. The summed E-state index contributed by atoms with van der Waals surface area (Å²) in [5, 5.41) is 3.49. The molecule has 0 bridgehead atoms. The molecule has 72 valence electrons. The lowest BCUT2D eigenvalue weighted by molar-refractivity contribution is 0.236. The second-order valence-corrected chi connectivity index (χ2v) is 3.65. The van der Waals surface area contributed by atoms with E-state index in [9.17, 15) is 0 Å². The first-order valence-corrected chi connectivity index (χ1v) is 4.75. The predicted molar refractivity (Wildman–Crippen MR) is 51.6 cm³/mol. The number of aromatic amines is 1. The molecule has 1 aliphatic heterocycles. The van der Waals surface area contributed by atoms with Crippen molar-refractivity contribution in [2.45, 2.75) is 12.5 Å². The van der Waals surface area contributed by atoms with Crippen molar-refractivity contribution in [2.24, 2.45) is 0 Å². The van der Waals surface area contributed by atoms with E-state index >= 15 is 0 Å². The van der Waals surface area contributed by atoms with Crippen molar-refractivity contribution in [3.05, 3.63) is 18.2 Å². The zero-order chi connectivity index (χ0) is 9.10. The third kappa shape index (κ3) is 2.29. The molecule has 0 spiro atoms. The van der Waals surface area contributed by atoms with Gasteiger partial charge in [0.05, 0.1) is 0 Å². The third-order valence-corrected chi connectivity index (χ3v) is 2.45. The average molecular weight is 180 g/mol. The monoisotopic (exact) mass is 180 g/mol. The molecule has 0 aliphatic carbocycles. The van der Waals surface area contributed by atoms with Crippen LogP contribution in [0.2, 0.25) is 0 Å². The van der Waals surface area contributed by atoms with Gasteiger partial charge in [0.1, 0.15) is 5.82 Å². The van der Waals surface area contributed by atoms with Crippen LogP contribution in [-0.2, 0) is 6.42 Å². The molecule has 2 rings (SSSR count). The topological polar surface area (TPSA) is 44.0 Å². The molecule has 4 heteroatoms. The van der Waals surface area contributed by atoms with Gasteiger partial charge in [-0.2, -0.15) is 0 Å². The number of hydrogen-bond acceptors (Lipinski definition) is 3. The van der Waals surface area contributed by atoms with E-state index in [0.717, 1.165) is 31.9 Å². The van der Waals surface area contributed by atoms with Gasteiger partial charge in [-0.3, -0.25) is 0 Å². The molecule has 0 saturated carbocycles. The molecule has 4 nitrogen and oxygen atoms in total. The fraction of sp³-hybridized carbons (Fsp3) is 0.667. The van der Waals surface area contributed by atoms with Crippen LogP contribution in [0.5, 0.6) is 0 Å². The maximum absolute atomic E-state index is 4.22. The summed E-state index contributed by atoms with van der Waals surface area (Å²) in [6, 6.07) is 0.546. The first kappa shape index (κ1) is 8.72. The van der Waals surface area contributed by atoms with E-state index in [1.165, 1.54) is 0 Å². The molecule has 1 saturated heterocycles. The van der Waals surface area contributed by atoms with Crippen molar-refractivity contribution in [1.82, 2.24) is 20.2 Å². The van der Waals surface area contributed by atoms with E-state index in [-0.39, 0.29) is 0 Å². The summed E-state index contributed by atoms with van der Waals surface area (Å²) in [4.78, 5) is 9.70. The molecule has 1 fully saturated rings.